The first kappa shape index (κ1) is 14.0. The smallest absolute Gasteiger partial charge is 0.299 e. The molecule has 2 rings (SSSR count). The largest absolute Gasteiger partial charge is 0.305 e. The zero-order valence-electron chi connectivity index (χ0n) is 10.7. The van der Waals surface area contributed by atoms with E-state index in [0.717, 1.165) is 11.8 Å². The van der Waals surface area contributed by atoms with Crippen molar-refractivity contribution in [2.24, 2.45) is 5.73 Å². The molecule has 0 aliphatic heterocycles. The molecule has 2 N–H and O–H groups in total. The van der Waals surface area contributed by atoms with Crippen LogP contribution in [0.4, 0.5) is 0 Å². The molecule has 1 atom stereocenters. The van der Waals surface area contributed by atoms with Gasteiger partial charge in [-0.2, -0.15) is 8.42 Å². The number of fused-ring (bicyclic) bond motifs is 1. The Kier molecular flexibility index (Phi) is 4.19. The van der Waals surface area contributed by atoms with E-state index < -0.39 is 16.3 Å². The third-order valence-corrected chi connectivity index (χ3v) is 4.24. The Balaban J connectivity index is 2.43. The Hall–Kier alpha value is -1.43. The lowest BCUT2D eigenvalue weighted by Crippen LogP contribution is -2.27. The molecule has 4 nitrogen and oxygen atoms in total. The summed E-state index contributed by atoms with van der Waals surface area (Å²) in [5.74, 6) is 0. The molecule has 0 radical (unpaired) electrons. The highest BCUT2D eigenvalue weighted by Crippen LogP contribution is 2.24. The third-order valence-electron chi connectivity index (χ3n) is 2.84. The topological polar surface area (TPSA) is 69.4 Å². The number of nitrogens with two attached hydrogens (primary N) is 1. The number of hydrogen-bond donors (Lipinski definition) is 1. The van der Waals surface area contributed by atoms with E-state index in [1.165, 1.54) is 6.07 Å². The molecule has 102 valence electrons. The predicted molar refractivity (Wildman–Crippen MR) is 75.1 cm³/mol. The SMILES string of the molecule is CCCC(N)OS(=O)(=O)c1cccc2ccccc12. The average Bonchev–Trinajstić information content (AvgIpc) is 2.37. The number of benzene rings is 2. The van der Waals surface area contributed by atoms with E-state index >= 15 is 0 Å². The van der Waals surface area contributed by atoms with E-state index in [2.05, 4.69) is 0 Å². The van der Waals surface area contributed by atoms with Gasteiger partial charge in [0.1, 0.15) is 11.1 Å². The fourth-order valence-corrected chi connectivity index (χ4v) is 3.19. The van der Waals surface area contributed by atoms with Crippen LogP contribution < -0.4 is 5.73 Å². The molecule has 2 aromatic carbocycles. The van der Waals surface area contributed by atoms with Crippen molar-refractivity contribution in [3.8, 4) is 0 Å². The molecule has 0 fully saturated rings. The van der Waals surface area contributed by atoms with Crippen molar-refractivity contribution in [2.75, 3.05) is 0 Å². The maximum atomic E-state index is 12.2. The van der Waals surface area contributed by atoms with E-state index in [1.807, 2.05) is 25.1 Å². The fraction of sp³-hybridized carbons (Fsp3) is 0.286. The molecule has 0 aromatic heterocycles. The zero-order valence-corrected chi connectivity index (χ0v) is 11.6. The van der Waals surface area contributed by atoms with Gasteiger partial charge in [0.2, 0.25) is 0 Å². The van der Waals surface area contributed by atoms with Crippen LogP contribution in [0.2, 0.25) is 0 Å². The fourth-order valence-electron chi connectivity index (χ4n) is 1.96. The van der Waals surface area contributed by atoms with Gasteiger partial charge in [0.05, 0.1) is 0 Å². The first-order valence-electron chi connectivity index (χ1n) is 6.21. The number of rotatable bonds is 5. The van der Waals surface area contributed by atoms with Crippen LogP contribution in [-0.2, 0) is 14.3 Å². The van der Waals surface area contributed by atoms with Crippen molar-refractivity contribution in [2.45, 2.75) is 30.9 Å². The van der Waals surface area contributed by atoms with Crippen LogP contribution in [0.5, 0.6) is 0 Å². The Bertz CT molecular complexity index is 662. The van der Waals surface area contributed by atoms with Crippen LogP contribution in [0, 0.1) is 0 Å². The molecule has 0 heterocycles. The van der Waals surface area contributed by atoms with Crippen LogP contribution in [0.3, 0.4) is 0 Å². The lowest BCUT2D eigenvalue weighted by Gasteiger charge is -2.13. The third kappa shape index (κ3) is 3.12. The first-order chi connectivity index (χ1) is 9.04. The van der Waals surface area contributed by atoms with Gasteiger partial charge in [0, 0.05) is 5.39 Å². The second kappa shape index (κ2) is 5.69. The van der Waals surface area contributed by atoms with Gasteiger partial charge in [-0.05, 0) is 17.9 Å². The van der Waals surface area contributed by atoms with Crippen molar-refractivity contribution in [1.82, 2.24) is 0 Å². The molecule has 19 heavy (non-hydrogen) atoms. The van der Waals surface area contributed by atoms with Gasteiger partial charge in [0.15, 0.2) is 0 Å². The summed E-state index contributed by atoms with van der Waals surface area (Å²) in [4.78, 5) is 0.164. The zero-order chi connectivity index (χ0) is 13.9. The molecule has 2 aromatic rings. The molecular weight excluding hydrogens is 262 g/mol. The molecule has 0 aliphatic rings. The summed E-state index contributed by atoms with van der Waals surface area (Å²) >= 11 is 0. The summed E-state index contributed by atoms with van der Waals surface area (Å²) in [7, 11) is -3.83. The van der Waals surface area contributed by atoms with E-state index in [1.54, 1.807) is 18.2 Å². The molecule has 1 unspecified atom stereocenters. The summed E-state index contributed by atoms with van der Waals surface area (Å²) in [6, 6.07) is 12.4. The van der Waals surface area contributed by atoms with E-state index in [-0.39, 0.29) is 4.90 Å². The summed E-state index contributed by atoms with van der Waals surface area (Å²) in [6.45, 7) is 1.92. The van der Waals surface area contributed by atoms with Crippen LogP contribution >= 0.6 is 0 Å². The highest BCUT2D eigenvalue weighted by Gasteiger charge is 2.21. The van der Waals surface area contributed by atoms with Crippen LogP contribution in [0.1, 0.15) is 19.8 Å². The molecule has 5 heteroatoms. The minimum atomic E-state index is -3.83. The Morgan fingerprint density at radius 1 is 1.16 bits per heavy atom. The van der Waals surface area contributed by atoms with Crippen LogP contribution in [-0.4, -0.2) is 14.6 Å². The van der Waals surface area contributed by atoms with Gasteiger partial charge >= 0.3 is 0 Å². The molecule has 0 aliphatic carbocycles. The Morgan fingerprint density at radius 3 is 2.58 bits per heavy atom. The standard InChI is InChI=1S/C14H17NO3S/c1-2-6-14(15)18-19(16,17)13-10-5-8-11-7-3-4-9-12(11)13/h3-5,7-10,14H,2,6,15H2,1H3. The van der Waals surface area contributed by atoms with E-state index in [0.29, 0.717) is 11.8 Å². The number of hydrogen-bond acceptors (Lipinski definition) is 4. The molecule has 0 saturated heterocycles. The quantitative estimate of drug-likeness (QED) is 0.674. The minimum Gasteiger partial charge on any atom is -0.305 e. The van der Waals surface area contributed by atoms with Crippen molar-refractivity contribution in [3.63, 3.8) is 0 Å². The van der Waals surface area contributed by atoms with Crippen molar-refractivity contribution in [3.05, 3.63) is 42.5 Å². The summed E-state index contributed by atoms with van der Waals surface area (Å²) in [5, 5.41) is 1.50. The average molecular weight is 279 g/mol. The van der Waals surface area contributed by atoms with Crippen LogP contribution in [0.15, 0.2) is 47.4 Å². The highest BCUT2D eigenvalue weighted by atomic mass is 32.2. The molecule has 0 bridgehead atoms. The Labute approximate surface area is 113 Å². The summed E-state index contributed by atoms with van der Waals surface area (Å²) in [5.41, 5.74) is 5.65. The van der Waals surface area contributed by atoms with Crippen molar-refractivity contribution in [1.29, 1.82) is 0 Å². The van der Waals surface area contributed by atoms with Gasteiger partial charge in [-0.15, -0.1) is 0 Å². The van der Waals surface area contributed by atoms with Crippen LogP contribution in [0.25, 0.3) is 10.8 Å². The summed E-state index contributed by atoms with van der Waals surface area (Å²) < 4.78 is 29.5. The Morgan fingerprint density at radius 2 is 1.84 bits per heavy atom. The lowest BCUT2D eigenvalue weighted by molar-refractivity contribution is 0.205. The first-order valence-corrected chi connectivity index (χ1v) is 7.62. The molecule has 0 spiro atoms. The van der Waals surface area contributed by atoms with Crippen molar-refractivity contribution < 1.29 is 12.6 Å². The molecule has 0 saturated carbocycles. The lowest BCUT2D eigenvalue weighted by atomic mass is 10.1. The summed E-state index contributed by atoms with van der Waals surface area (Å²) in [6.07, 6.45) is 0.477. The van der Waals surface area contributed by atoms with Gasteiger partial charge in [-0.1, -0.05) is 49.7 Å². The highest BCUT2D eigenvalue weighted by molar-refractivity contribution is 7.87. The molecular formula is C14H17NO3S. The van der Waals surface area contributed by atoms with Crippen molar-refractivity contribution >= 4 is 20.9 Å². The second-order valence-electron chi connectivity index (χ2n) is 4.35. The van der Waals surface area contributed by atoms with E-state index in [4.69, 9.17) is 9.92 Å². The predicted octanol–water partition coefficient (Wildman–Crippen LogP) is 2.63. The van der Waals surface area contributed by atoms with Gasteiger partial charge < -0.3 is 5.73 Å². The van der Waals surface area contributed by atoms with Gasteiger partial charge in [-0.25, -0.2) is 4.18 Å². The minimum absolute atomic E-state index is 0.164. The normalized spacial score (nSPS) is 13.6. The van der Waals surface area contributed by atoms with E-state index in [9.17, 15) is 8.42 Å². The molecule has 0 amide bonds. The second-order valence-corrected chi connectivity index (χ2v) is 5.90. The van der Waals surface area contributed by atoms with Gasteiger partial charge in [-0.3, -0.25) is 0 Å². The monoisotopic (exact) mass is 279 g/mol. The van der Waals surface area contributed by atoms with Gasteiger partial charge in [0.25, 0.3) is 10.1 Å². The maximum absolute atomic E-state index is 12.2. The maximum Gasteiger partial charge on any atom is 0.299 e.